The summed E-state index contributed by atoms with van der Waals surface area (Å²) in [6.45, 7) is 2.23. The van der Waals surface area contributed by atoms with E-state index in [1.165, 1.54) is 19.1 Å². The van der Waals surface area contributed by atoms with Gasteiger partial charge in [-0.05, 0) is 43.3 Å². The monoisotopic (exact) mass is 395 g/mol. The van der Waals surface area contributed by atoms with E-state index in [9.17, 15) is 9.59 Å². The third-order valence-electron chi connectivity index (χ3n) is 3.60. The van der Waals surface area contributed by atoms with Crippen LogP contribution in [0.4, 0.5) is 5.69 Å². The van der Waals surface area contributed by atoms with Crippen molar-refractivity contribution in [1.29, 1.82) is 0 Å². The normalized spacial score (nSPS) is 13.7. The van der Waals surface area contributed by atoms with Gasteiger partial charge in [-0.2, -0.15) is 0 Å². The Morgan fingerprint density at radius 1 is 1.12 bits per heavy atom. The molecule has 0 spiro atoms. The molecule has 3 rings (SSSR count). The number of benzene rings is 2. The summed E-state index contributed by atoms with van der Waals surface area (Å²) in [5.74, 6) is -0.399. The molecule has 0 aliphatic carbocycles. The molecule has 0 bridgehead atoms. The average Bonchev–Trinajstić information content (AvgIpc) is 2.63. The highest BCUT2D eigenvalue weighted by molar-refractivity contribution is 6.32. The van der Waals surface area contributed by atoms with Crippen molar-refractivity contribution in [2.45, 2.75) is 13.0 Å². The van der Waals surface area contributed by atoms with E-state index in [1.807, 2.05) is 0 Å². The van der Waals surface area contributed by atoms with Crippen LogP contribution in [0.2, 0.25) is 10.0 Å². The Bertz CT molecular complexity index is 838. The predicted molar refractivity (Wildman–Crippen MR) is 97.4 cm³/mol. The highest BCUT2D eigenvalue weighted by Crippen LogP contribution is 2.38. The van der Waals surface area contributed by atoms with E-state index in [1.54, 1.807) is 24.3 Å². The maximum absolute atomic E-state index is 12.3. The Morgan fingerprint density at radius 2 is 1.81 bits per heavy atom. The van der Waals surface area contributed by atoms with Crippen LogP contribution in [0, 0.1) is 0 Å². The second kappa shape index (κ2) is 7.85. The van der Waals surface area contributed by atoms with E-state index >= 15 is 0 Å². The number of carbonyl (C=O) groups excluding carboxylic acids is 2. The highest BCUT2D eigenvalue weighted by Gasteiger charge is 2.23. The van der Waals surface area contributed by atoms with Gasteiger partial charge in [0.25, 0.3) is 5.91 Å². The molecule has 26 heavy (non-hydrogen) atoms. The number of ether oxygens (including phenoxy) is 3. The number of halogens is 2. The number of carbonyl (C=O) groups is 2. The van der Waals surface area contributed by atoms with E-state index in [4.69, 9.17) is 37.4 Å². The van der Waals surface area contributed by atoms with Gasteiger partial charge in [0.05, 0.1) is 10.6 Å². The Morgan fingerprint density at radius 3 is 2.54 bits per heavy atom. The van der Waals surface area contributed by atoms with E-state index in [2.05, 4.69) is 5.32 Å². The van der Waals surface area contributed by atoms with Crippen LogP contribution in [0.3, 0.4) is 0 Å². The van der Waals surface area contributed by atoms with Gasteiger partial charge in [0.15, 0.2) is 17.6 Å². The van der Waals surface area contributed by atoms with E-state index in [-0.39, 0.29) is 10.6 Å². The molecule has 0 aromatic heterocycles. The first kappa shape index (κ1) is 18.4. The van der Waals surface area contributed by atoms with Gasteiger partial charge in [-0.1, -0.05) is 23.2 Å². The van der Waals surface area contributed by atoms with Crippen LogP contribution in [0.15, 0.2) is 36.4 Å². The lowest BCUT2D eigenvalue weighted by Gasteiger charge is -2.20. The molecular formula is C18H15Cl2NO5. The molecule has 0 fully saturated rings. The molecule has 2 aromatic carbocycles. The van der Waals surface area contributed by atoms with E-state index < -0.39 is 18.0 Å². The lowest BCUT2D eigenvalue weighted by Crippen LogP contribution is -2.30. The molecule has 6 nitrogen and oxygen atoms in total. The van der Waals surface area contributed by atoms with Gasteiger partial charge in [-0.25, -0.2) is 4.79 Å². The number of esters is 1. The molecule has 1 heterocycles. The van der Waals surface area contributed by atoms with Crippen LogP contribution in [-0.2, 0) is 9.53 Å². The molecule has 1 aliphatic heterocycles. The summed E-state index contributed by atoms with van der Waals surface area (Å²) in [5, 5.41) is 3.44. The fourth-order valence-electron chi connectivity index (χ4n) is 2.29. The fraction of sp³-hybridized carbons (Fsp3) is 0.222. The van der Waals surface area contributed by atoms with Crippen LogP contribution < -0.4 is 14.8 Å². The van der Waals surface area contributed by atoms with Gasteiger partial charge in [0.1, 0.15) is 13.2 Å². The number of nitrogens with one attached hydrogen (secondary N) is 1. The zero-order chi connectivity index (χ0) is 18.7. The third kappa shape index (κ3) is 4.20. The zero-order valence-electron chi connectivity index (χ0n) is 13.8. The van der Waals surface area contributed by atoms with Crippen LogP contribution in [0.5, 0.6) is 11.5 Å². The minimum Gasteiger partial charge on any atom is -0.486 e. The standard InChI is InChI=1S/C18H15Cl2NO5/c1-10(17(22)21-13-4-2-12(19)3-5-13)26-18(23)11-8-14(20)16-15(9-11)24-6-7-25-16/h2-5,8-10H,6-7H2,1H3,(H,21,22). The lowest BCUT2D eigenvalue weighted by atomic mass is 10.2. The fourth-order valence-corrected chi connectivity index (χ4v) is 2.68. The second-order valence-electron chi connectivity index (χ2n) is 5.53. The van der Waals surface area contributed by atoms with Crippen molar-refractivity contribution in [3.05, 3.63) is 52.0 Å². The number of hydrogen-bond donors (Lipinski definition) is 1. The summed E-state index contributed by atoms with van der Waals surface area (Å²) >= 11 is 11.9. The Labute approximate surface area is 159 Å². The largest absolute Gasteiger partial charge is 0.486 e. The average molecular weight is 396 g/mol. The molecule has 1 unspecified atom stereocenters. The Balaban J connectivity index is 1.66. The summed E-state index contributed by atoms with van der Waals surface area (Å²) in [6.07, 6.45) is -1.01. The molecule has 1 atom stereocenters. The van der Waals surface area contributed by atoms with Crippen molar-refractivity contribution in [1.82, 2.24) is 0 Å². The summed E-state index contributed by atoms with van der Waals surface area (Å²) in [6, 6.07) is 9.48. The van der Waals surface area contributed by atoms with Gasteiger partial charge in [0.2, 0.25) is 0 Å². The first-order chi connectivity index (χ1) is 12.4. The van der Waals surface area contributed by atoms with Gasteiger partial charge >= 0.3 is 5.97 Å². The van der Waals surface area contributed by atoms with Gasteiger partial charge < -0.3 is 19.5 Å². The van der Waals surface area contributed by atoms with E-state index in [0.717, 1.165) is 0 Å². The second-order valence-corrected chi connectivity index (χ2v) is 6.37. The van der Waals surface area contributed by atoms with Crippen molar-refractivity contribution in [2.24, 2.45) is 0 Å². The molecule has 1 amide bonds. The van der Waals surface area contributed by atoms with Crippen molar-refractivity contribution in [2.75, 3.05) is 18.5 Å². The molecule has 8 heteroatoms. The number of amides is 1. The minimum absolute atomic E-state index is 0.172. The summed E-state index contributed by atoms with van der Waals surface area (Å²) < 4.78 is 16.0. The summed E-state index contributed by atoms with van der Waals surface area (Å²) in [5.41, 5.74) is 0.718. The minimum atomic E-state index is -1.01. The third-order valence-corrected chi connectivity index (χ3v) is 4.13. The van der Waals surface area contributed by atoms with Gasteiger partial charge in [-0.3, -0.25) is 4.79 Å². The van der Waals surface area contributed by atoms with Crippen LogP contribution in [0.25, 0.3) is 0 Å². The van der Waals surface area contributed by atoms with Crippen LogP contribution >= 0.6 is 23.2 Å². The molecule has 136 valence electrons. The lowest BCUT2D eigenvalue weighted by molar-refractivity contribution is -0.123. The van der Waals surface area contributed by atoms with Gasteiger partial charge in [0, 0.05) is 10.7 Å². The molecule has 0 saturated heterocycles. The number of hydrogen-bond acceptors (Lipinski definition) is 5. The quantitative estimate of drug-likeness (QED) is 0.793. The van der Waals surface area contributed by atoms with Crippen molar-refractivity contribution in [3.8, 4) is 11.5 Å². The molecule has 0 saturated carbocycles. The van der Waals surface area contributed by atoms with Crippen LogP contribution in [0.1, 0.15) is 17.3 Å². The maximum atomic E-state index is 12.3. The summed E-state index contributed by atoms with van der Waals surface area (Å²) in [7, 11) is 0. The van der Waals surface area contributed by atoms with Crippen LogP contribution in [-0.4, -0.2) is 31.2 Å². The van der Waals surface area contributed by atoms with E-state index in [0.29, 0.717) is 35.4 Å². The van der Waals surface area contributed by atoms with Gasteiger partial charge in [-0.15, -0.1) is 0 Å². The van der Waals surface area contributed by atoms with Crippen molar-refractivity contribution in [3.63, 3.8) is 0 Å². The first-order valence-corrected chi connectivity index (χ1v) is 8.56. The Kier molecular flexibility index (Phi) is 5.54. The van der Waals surface area contributed by atoms with Crippen molar-refractivity contribution < 1.29 is 23.8 Å². The molecular weight excluding hydrogens is 381 g/mol. The summed E-state index contributed by atoms with van der Waals surface area (Å²) in [4.78, 5) is 24.5. The zero-order valence-corrected chi connectivity index (χ0v) is 15.3. The van der Waals surface area contributed by atoms with Crippen molar-refractivity contribution >= 4 is 40.8 Å². The number of fused-ring (bicyclic) bond motifs is 1. The molecule has 1 aliphatic rings. The molecule has 0 radical (unpaired) electrons. The first-order valence-electron chi connectivity index (χ1n) is 7.80. The highest BCUT2D eigenvalue weighted by atomic mass is 35.5. The molecule has 2 aromatic rings. The smallest absolute Gasteiger partial charge is 0.339 e. The topological polar surface area (TPSA) is 73.9 Å². The molecule has 1 N–H and O–H groups in total. The number of rotatable bonds is 4. The maximum Gasteiger partial charge on any atom is 0.339 e. The predicted octanol–water partition coefficient (Wildman–Crippen LogP) is 3.95. The number of anilines is 1. The Hall–Kier alpha value is -2.44. The SMILES string of the molecule is CC(OC(=O)c1cc(Cl)c2c(c1)OCCO2)C(=O)Nc1ccc(Cl)cc1.